The van der Waals surface area contributed by atoms with E-state index in [9.17, 15) is 0 Å². The summed E-state index contributed by atoms with van der Waals surface area (Å²) in [5.74, 6) is 0. The Morgan fingerprint density at radius 2 is 2.00 bits per heavy atom. The monoisotopic (exact) mass is 335 g/mol. The average Bonchev–Trinajstić information content (AvgIpc) is 3.30. The molecule has 0 aliphatic heterocycles. The number of hydrogen-bond acceptors (Lipinski definition) is 6. The van der Waals surface area contributed by atoms with Gasteiger partial charge >= 0.3 is 0 Å². The summed E-state index contributed by atoms with van der Waals surface area (Å²) >= 11 is 3.22. The van der Waals surface area contributed by atoms with E-state index < -0.39 is 0 Å². The molecule has 1 aromatic carbocycles. The molecule has 4 aromatic heterocycles. The Bertz CT molecular complexity index is 1100. The van der Waals surface area contributed by atoms with Gasteiger partial charge in [0.05, 0.1) is 16.1 Å². The molecule has 4 heterocycles. The summed E-state index contributed by atoms with van der Waals surface area (Å²) in [6.45, 7) is 0. The SMILES string of the molecule is c1csc(-c2cc(-c3nn4cnnc4s3)c3ccccc3n2)c1. The lowest BCUT2D eigenvalue weighted by Gasteiger charge is -2.06. The van der Waals surface area contributed by atoms with Crippen molar-refractivity contribution < 1.29 is 0 Å². The fourth-order valence-electron chi connectivity index (χ4n) is 2.57. The first-order valence-electron chi connectivity index (χ1n) is 6.99. The number of fused-ring (bicyclic) bond motifs is 2. The summed E-state index contributed by atoms with van der Waals surface area (Å²) in [5, 5.41) is 16.6. The van der Waals surface area contributed by atoms with Crippen molar-refractivity contribution in [1.29, 1.82) is 0 Å². The molecule has 0 fully saturated rings. The van der Waals surface area contributed by atoms with E-state index in [1.165, 1.54) is 11.3 Å². The zero-order chi connectivity index (χ0) is 15.2. The summed E-state index contributed by atoms with van der Waals surface area (Å²) in [4.78, 5) is 6.74. The largest absolute Gasteiger partial charge is 0.247 e. The molecule has 0 aliphatic carbocycles. The fourth-order valence-corrected chi connectivity index (χ4v) is 4.11. The van der Waals surface area contributed by atoms with Gasteiger partial charge in [0.2, 0.25) is 4.96 Å². The van der Waals surface area contributed by atoms with Gasteiger partial charge in [-0.25, -0.2) is 4.98 Å². The van der Waals surface area contributed by atoms with Crippen molar-refractivity contribution in [1.82, 2.24) is 24.8 Å². The van der Waals surface area contributed by atoms with Crippen molar-refractivity contribution in [2.24, 2.45) is 0 Å². The first-order valence-corrected chi connectivity index (χ1v) is 8.69. The van der Waals surface area contributed by atoms with Crippen LogP contribution in [0.25, 0.3) is 37.0 Å². The molecule has 5 rings (SSSR count). The van der Waals surface area contributed by atoms with E-state index in [0.29, 0.717) is 0 Å². The molecule has 0 atom stereocenters. The summed E-state index contributed by atoms with van der Waals surface area (Å²) in [6, 6.07) is 14.4. The quantitative estimate of drug-likeness (QED) is 0.487. The van der Waals surface area contributed by atoms with E-state index in [1.54, 1.807) is 22.2 Å². The number of rotatable bonds is 2. The Morgan fingerprint density at radius 3 is 2.87 bits per heavy atom. The van der Waals surface area contributed by atoms with Crippen LogP contribution < -0.4 is 0 Å². The third-order valence-corrected chi connectivity index (χ3v) is 5.45. The van der Waals surface area contributed by atoms with Crippen LogP contribution in [0.3, 0.4) is 0 Å². The predicted molar refractivity (Wildman–Crippen MR) is 92.7 cm³/mol. The van der Waals surface area contributed by atoms with Crippen molar-refractivity contribution in [2.45, 2.75) is 0 Å². The minimum atomic E-state index is 0.790. The maximum absolute atomic E-state index is 4.80. The molecule has 0 amide bonds. The number of para-hydroxylation sites is 1. The second kappa shape index (κ2) is 4.94. The Morgan fingerprint density at radius 1 is 1.04 bits per heavy atom. The minimum Gasteiger partial charge on any atom is -0.247 e. The molecule has 0 bridgehead atoms. The van der Waals surface area contributed by atoms with Crippen LogP contribution >= 0.6 is 22.7 Å². The van der Waals surface area contributed by atoms with Crippen LogP contribution in [0, 0.1) is 0 Å². The Kier molecular flexibility index (Phi) is 2.76. The van der Waals surface area contributed by atoms with Gasteiger partial charge in [0.25, 0.3) is 0 Å². The van der Waals surface area contributed by atoms with Gasteiger partial charge in [-0.3, -0.25) is 0 Å². The number of hydrogen-bond donors (Lipinski definition) is 0. The van der Waals surface area contributed by atoms with Gasteiger partial charge in [0.1, 0.15) is 11.3 Å². The highest BCUT2D eigenvalue weighted by Gasteiger charge is 2.14. The van der Waals surface area contributed by atoms with Crippen LogP contribution in [0.2, 0.25) is 0 Å². The molecule has 0 aliphatic rings. The molecule has 5 aromatic rings. The van der Waals surface area contributed by atoms with E-state index in [2.05, 4.69) is 38.9 Å². The molecule has 0 radical (unpaired) electrons. The first kappa shape index (κ1) is 12.9. The lowest BCUT2D eigenvalue weighted by Crippen LogP contribution is -1.89. The molecule has 0 saturated heterocycles. The number of thiophene rings is 1. The number of aromatic nitrogens is 5. The Labute approximate surface area is 138 Å². The van der Waals surface area contributed by atoms with Crippen molar-refractivity contribution in [3.05, 3.63) is 54.2 Å². The van der Waals surface area contributed by atoms with E-state index in [1.807, 2.05) is 24.3 Å². The maximum atomic E-state index is 4.80. The van der Waals surface area contributed by atoms with Crippen LogP contribution in [0.1, 0.15) is 0 Å². The summed E-state index contributed by atoms with van der Waals surface area (Å²) in [5.41, 5.74) is 3.02. The molecule has 7 heteroatoms. The highest BCUT2D eigenvalue weighted by Crippen LogP contribution is 2.35. The standard InChI is InChI=1S/C16H9N5S2/c1-2-5-12-10(4-1)11(8-13(18-12)14-6-3-7-22-14)15-20-21-9-17-19-16(21)23-15/h1-9H. The van der Waals surface area contributed by atoms with Gasteiger partial charge in [0.15, 0.2) is 0 Å². The third-order valence-electron chi connectivity index (χ3n) is 3.61. The van der Waals surface area contributed by atoms with Gasteiger partial charge < -0.3 is 0 Å². The second-order valence-corrected chi connectivity index (χ2v) is 6.92. The van der Waals surface area contributed by atoms with Crippen molar-refractivity contribution in [3.63, 3.8) is 0 Å². The molecule has 0 N–H and O–H groups in total. The second-order valence-electron chi connectivity index (χ2n) is 5.01. The van der Waals surface area contributed by atoms with E-state index in [-0.39, 0.29) is 0 Å². The van der Waals surface area contributed by atoms with Gasteiger partial charge in [-0.05, 0) is 23.6 Å². The molecule has 0 saturated carbocycles. The van der Waals surface area contributed by atoms with Crippen LogP contribution in [0.5, 0.6) is 0 Å². The minimum absolute atomic E-state index is 0.790. The predicted octanol–water partition coefficient (Wildman–Crippen LogP) is 4.13. The lowest BCUT2D eigenvalue weighted by molar-refractivity contribution is 0.960. The van der Waals surface area contributed by atoms with Gasteiger partial charge in [-0.1, -0.05) is 35.6 Å². The van der Waals surface area contributed by atoms with Crippen molar-refractivity contribution >= 4 is 38.5 Å². The summed E-state index contributed by atoms with van der Waals surface area (Å²) in [7, 11) is 0. The van der Waals surface area contributed by atoms with Gasteiger partial charge in [-0.15, -0.1) is 21.5 Å². The van der Waals surface area contributed by atoms with E-state index in [0.717, 1.165) is 37.0 Å². The summed E-state index contributed by atoms with van der Waals surface area (Å²) < 4.78 is 1.71. The fraction of sp³-hybridized carbons (Fsp3) is 0. The molecule has 110 valence electrons. The average molecular weight is 335 g/mol. The smallest absolute Gasteiger partial charge is 0.234 e. The van der Waals surface area contributed by atoms with E-state index >= 15 is 0 Å². The molecule has 5 nitrogen and oxygen atoms in total. The number of benzene rings is 1. The molecular weight excluding hydrogens is 326 g/mol. The van der Waals surface area contributed by atoms with Gasteiger partial charge in [0, 0.05) is 10.9 Å². The number of nitrogens with zero attached hydrogens (tertiary/aromatic N) is 5. The highest BCUT2D eigenvalue weighted by atomic mass is 32.1. The first-order chi connectivity index (χ1) is 11.4. The lowest BCUT2D eigenvalue weighted by atomic mass is 10.1. The molecule has 0 unspecified atom stereocenters. The summed E-state index contributed by atoms with van der Waals surface area (Å²) in [6.07, 6.45) is 1.62. The highest BCUT2D eigenvalue weighted by molar-refractivity contribution is 7.20. The third kappa shape index (κ3) is 2.05. The van der Waals surface area contributed by atoms with Crippen LogP contribution in [-0.4, -0.2) is 24.8 Å². The van der Waals surface area contributed by atoms with E-state index in [4.69, 9.17) is 4.98 Å². The molecule has 23 heavy (non-hydrogen) atoms. The molecular formula is C16H9N5S2. The zero-order valence-electron chi connectivity index (χ0n) is 11.7. The topological polar surface area (TPSA) is 56.0 Å². The van der Waals surface area contributed by atoms with Crippen molar-refractivity contribution in [2.75, 3.05) is 0 Å². The normalized spacial score (nSPS) is 11.5. The van der Waals surface area contributed by atoms with Crippen LogP contribution in [-0.2, 0) is 0 Å². The number of pyridine rings is 1. The Hall–Kier alpha value is -2.64. The van der Waals surface area contributed by atoms with Crippen LogP contribution in [0.15, 0.2) is 54.2 Å². The van der Waals surface area contributed by atoms with Crippen LogP contribution in [0.4, 0.5) is 0 Å². The molecule has 0 spiro atoms. The zero-order valence-corrected chi connectivity index (χ0v) is 13.4. The maximum Gasteiger partial charge on any atom is 0.234 e. The Balaban J connectivity index is 1.83. The van der Waals surface area contributed by atoms with Crippen molar-refractivity contribution in [3.8, 4) is 21.1 Å². The van der Waals surface area contributed by atoms with Gasteiger partial charge in [-0.2, -0.15) is 9.61 Å².